The molecule has 4 rings (SSSR count). The zero-order valence-electron chi connectivity index (χ0n) is 16.5. The van der Waals surface area contributed by atoms with Gasteiger partial charge in [-0.25, -0.2) is 0 Å². The number of amides is 1. The minimum absolute atomic E-state index is 0.0374. The Kier molecular flexibility index (Phi) is 4.79. The number of rotatable bonds is 4. The summed E-state index contributed by atoms with van der Waals surface area (Å²) < 4.78 is 22.4. The van der Waals surface area contributed by atoms with Gasteiger partial charge in [-0.05, 0) is 23.8 Å². The minimum atomic E-state index is -0.185. The number of ether oxygens (including phenoxy) is 4. The lowest BCUT2D eigenvalue weighted by atomic mass is 9.87. The summed E-state index contributed by atoms with van der Waals surface area (Å²) in [6.45, 7) is 1.31. The molecule has 0 N–H and O–H groups in total. The van der Waals surface area contributed by atoms with Crippen LogP contribution >= 0.6 is 0 Å². The molecule has 2 aromatic carbocycles. The van der Waals surface area contributed by atoms with Crippen molar-refractivity contribution in [1.82, 2.24) is 4.90 Å². The molecule has 0 aliphatic carbocycles. The molecule has 1 fully saturated rings. The van der Waals surface area contributed by atoms with Gasteiger partial charge in [-0.3, -0.25) is 4.79 Å². The maximum Gasteiger partial charge on any atom is 0.254 e. The summed E-state index contributed by atoms with van der Waals surface area (Å²) in [7, 11) is 4.64. The van der Waals surface area contributed by atoms with Gasteiger partial charge < -0.3 is 23.8 Å². The fourth-order valence-corrected chi connectivity index (χ4v) is 4.15. The first-order valence-electron chi connectivity index (χ1n) is 9.45. The summed E-state index contributed by atoms with van der Waals surface area (Å²) in [5.41, 5.74) is 1.60. The Hall–Kier alpha value is -2.89. The second-order valence-corrected chi connectivity index (χ2v) is 7.28. The predicted molar refractivity (Wildman–Crippen MR) is 105 cm³/mol. The Labute approximate surface area is 165 Å². The van der Waals surface area contributed by atoms with Crippen LogP contribution in [-0.4, -0.2) is 50.8 Å². The predicted octanol–water partition coefficient (Wildman–Crippen LogP) is 3.32. The van der Waals surface area contributed by atoms with Gasteiger partial charge in [0.05, 0.1) is 21.3 Å². The first-order chi connectivity index (χ1) is 13.6. The van der Waals surface area contributed by atoms with E-state index < -0.39 is 0 Å². The van der Waals surface area contributed by atoms with E-state index in [4.69, 9.17) is 18.9 Å². The monoisotopic (exact) mass is 383 g/mol. The Morgan fingerprint density at radius 2 is 1.64 bits per heavy atom. The van der Waals surface area contributed by atoms with E-state index in [2.05, 4.69) is 6.07 Å². The van der Waals surface area contributed by atoms with E-state index in [-0.39, 0.29) is 11.5 Å². The molecule has 2 heterocycles. The molecule has 0 radical (unpaired) electrons. The van der Waals surface area contributed by atoms with Crippen molar-refractivity contribution in [3.05, 3.63) is 47.5 Å². The third-order valence-corrected chi connectivity index (χ3v) is 5.69. The van der Waals surface area contributed by atoms with Crippen molar-refractivity contribution in [2.24, 2.45) is 0 Å². The number of hydrogen-bond donors (Lipinski definition) is 0. The van der Waals surface area contributed by atoms with Crippen LogP contribution in [0.2, 0.25) is 0 Å². The van der Waals surface area contributed by atoms with E-state index in [0.29, 0.717) is 35.9 Å². The van der Waals surface area contributed by atoms with Crippen molar-refractivity contribution in [3.63, 3.8) is 0 Å². The van der Waals surface area contributed by atoms with Crippen LogP contribution in [0.3, 0.4) is 0 Å². The second kappa shape index (κ2) is 7.26. The van der Waals surface area contributed by atoms with Crippen LogP contribution in [0.15, 0.2) is 36.4 Å². The van der Waals surface area contributed by atoms with Crippen molar-refractivity contribution in [2.45, 2.75) is 24.9 Å². The van der Waals surface area contributed by atoms with Crippen LogP contribution in [0.5, 0.6) is 23.0 Å². The van der Waals surface area contributed by atoms with E-state index in [1.165, 1.54) is 5.56 Å². The molecule has 6 nitrogen and oxygen atoms in total. The van der Waals surface area contributed by atoms with Gasteiger partial charge >= 0.3 is 0 Å². The van der Waals surface area contributed by atoms with Gasteiger partial charge in [0, 0.05) is 37.9 Å². The zero-order chi connectivity index (χ0) is 19.7. The van der Waals surface area contributed by atoms with Crippen molar-refractivity contribution in [1.29, 1.82) is 0 Å². The number of hydrogen-bond acceptors (Lipinski definition) is 5. The van der Waals surface area contributed by atoms with E-state index >= 15 is 0 Å². The molecule has 0 atom stereocenters. The molecule has 2 aromatic rings. The first-order valence-corrected chi connectivity index (χ1v) is 9.45. The highest BCUT2D eigenvalue weighted by Crippen LogP contribution is 2.42. The fraction of sp³-hybridized carbons (Fsp3) is 0.409. The fourth-order valence-electron chi connectivity index (χ4n) is 4.15. The standard InChI is InChI=1S/C22H25NO5/c1-25-18-12-16(13-19(26-2)20(18)27-3)21(24)23-10-8-22(9-11-23)14-15-6-4-5-7-17(15)28-22/h4-7,12-13H,8-11,14H2,1-3H3. The largest absolute Gasteiger partial charge is 0.493 e. The lowest BCUT2D eigenvalue weighted by molar-refractivity contribution is 0.0188. The summed E-state index contributed by atoms with van der Waals surface area (Å²) >= 11 is 0. The maximum absolute atomic E-state index is 13.1. The number of benzene rings is 2. The van der Waals surface area contributed by atoms with E-state index in [0.717, 1.165) is 25.0 Å². The van der Waals surface area contributed by atoms with Gasteiger partial charge in [-0.1, -0.05) is 18.2 Å². The summed E-state index contributed by atoms with van der Waals surface area (Å²) in [6, 6.07) is 11.6. The number of nitrogens with zero attached hydrogens (tertiary/aromatic N) is 1. The summed E-state index contributed by atoms with van der Waals surface area (Å²) in [5.74, 6) is 2.38. The van der Waals surface area contributed by atoms with Crippen LogP contribution in [-0.2, 0) is 6.42 Å². The topological polar surface area (TPSA) is 57.2 Å². The Balaban J connectivity index is 1.49. The zero-order valence-corrected chi connectivity index (χ0v) is 16.5. The van der Waals surface area contributed by atoms with Crippen LogP contribution in [0, 0.1) is 0 Å². The molecule has 2 aliphatic heterocycles. The quantitative estimate of drug-likeness (QED) is 0.811. The van der Waals surface area contributed by atoms with Crippen LogP contribution < -0.4 is 18.9 Å². The maximum atomic E-state index is 13.1. The third-order valence-electron chi connectivity index (χ3n) is 5.69. The normalized spacial score (nSPS) is 17.0. The van der Waals surface area contributed by atoms with Crippen molar-refractivity contribution >= 4 is 5.91 Å². The number of carbonyl (C=O) groups is 1. The smallest absolute Gasteiger partial charge is 0.254 e. The van der Waals surface area contributed by atoms with Crippen LogP contribution in [0.4, 0.5) is 0 Å². The van der Waals surface area contributed by atoms with Gasteiger partial charge in [0.15, 0.2) is 11.5 Å². The Morgan fingerprint density at radius 3 is 2.21 bits per heavy atom. The molecule has 28 heavy (non-hydrogen) atoms. The van der Waals surface area contributed by atoms with Crippen molar-refractivity contribution < 1.29 is 23.7 Å². The highest BCUT2D eigenvalue weighted by molar-refractivity contribution is 5.95. The number of likely N-dealkylation sites (tertiary alicyclic amines) is 1. The number of carbonyl (C=O) groups excluding carboxylic acids is 1. The molecule has 148 valence electrons. The molecule has 0 unspecified atom stereocenters. The average Bonchev–Trinajstić information content (AvgIpc) is 3.10. The highest BCUT2D eigenvalue weighted by atomic mass is 16.5. The van der Waals surface area contributed by atoms with Gasteiger partial charge in [0.1, 0.15) is 11.4 Å². The first kappa shape index (κ1) is 18.5. The molecule has 0 saturated carbocycles. The lowest BCUT2D eigenvalue weighted by Crippen LogP contribution is -2.49. The number of fused-ring (bicyclic) bond motifs is 1. The highest BCUT2D eigenvalue weighted by Gasteiger charge is 2.42. The van der Waals surface area contributed by atoms with Gasteiger partial charge in [0.2, 0.25) is 5.75 Å². The molecule has 0 aromatic heterocycles. The summed E-state index contributed by atoms with van der Waals surface area (Å²) in [4.78, 5) is 15.0. The molecule has 6 heteroatoms. The van der Waals surface area contributed by atoms with E-state index in [1.807, 2.05) is 23.1 Å². The summed E-state index contributed by atoms with van der Waals surface area (Å²) in [5, 5.41) is 0. The molecule has 2 aliphatic rings. The van der Waals surface area contributed by atoms with Gasteiger partial charge in [-0.2, -0.15) is 0 Å². The second-order valence-electron chi connectivity index (χ2n) is 7.28. The number of methoxy groups -OCH3 is 3. The molecule has 1 spiro atoms. The third kappa shape index (κ3) is 3.13. The minimum Gasteiger partial charge on any atom is -0.493 e. The van der Waals surface area contributed by atoms with E-state index in [9.17, 15) is 4.79 Å². The van der Waals surface area contributed by atoms with Crippen LogP contribution in [0.25, 0.3) is 0 Å². The molecule has 1 amide bonds. The Morgan fingerprint density at radius 1 is 1.00 bits per heavy atom. The SMILES string of the molecule is COc1cc(C(=O)N2CCC3(CC2)Cc2ccccc2O3)cc(OC)c1OC. The molecule has 1 saturated heterocycles. The molecular formula is C22H25NO5. The average molecular weight is 383 g/mol. The van der Waals surface area contributed by atoms with Gasteiger partial charge in [-0.15, -0.1) is 0 Å². The number of para-hydroxylation sites is 1. The molecule has 0 bridgehead atoms. The van der Waals surface area contributed by atoms with Crippen molar-refractivity contribution in [3.8, 4) is 23.0 Å². The van der Waals surface area contributed by atoms with Crippen LogP contribution in [0.1, 0.15) is 28.8 Å². The van der Waals surface area contributed by atoms with Gasteiger partial charge in [0.25, 0.3) is 5.91 Å². The molecular weight excluding hydrogens is 358 g/mol. The van der Waals surface area contributed by atoms with Crippen molar-refractivity contribution in [2.75, 3.05) is 34.4 Å². The number of piperidine rings is 1. The Bertz CT molecular complexity index is 834. The van der Waals surface area contributed by atoms with E-state index in [1.54, 1.807) is 33.5 Å². The summed E-state index contributed by atoms with van der Waals surface area (Å²) in [6.07, 6.45) is 2.55. The lowest BCUT2D eigenvalue weighted by Gasteiger charge is -2.38.